The highest BCUT2D eigenvalue weighted by molar-refractivity contribution is 7.99. The first kappa shape index (κ1) is 23.0. The third-order valence-electron chi connectivity index (χ3n) is 4.77. The summed E-state index contributed by atoms with van der Waals surface area (Å²) in [5.74, 6) is 1.20. The third-order valence-corrected chi connectivity index (χ3v) is 5.69. The molecule has 0 aliphatic carbocycles. The van der Waals surface area contributed by atoms with Gasteiger partial charge in [-0.2, -0.15) is 0 Å². The fourth-order valence-electron chi connectivity index (χ4n) is 3.22. The zero-order valence-corrected chi connectivity index (χ0v) is 19.1. The number of thioether (sulfide) groups is 1. The van der Waals surface area contributed by atoms with E-state index in [1.54, 1.807) is 36.4 Å². The maximum atomic E-state index is 12.5. The zero-order valence-electron chi connectivity index (χ0n) is 18.2. The van der Waals surface area contributed by atoms with Gasteiger partial charge in [0.25, 0.3) is 5.69 Å². The number of aromatic nitrogens is 3. The van der Waals surface area contributed by atoms with Crippen LogP contribution in [0.15, 0.2) is 84.0 Å². The van der Waals surface area contributed by atoms with Gasteiger partial charge in [0.1, 0.15) is 5.75 Å². The van der Waals surface area contributed by atoms with Crippen molar-refractivity contribution >= 4 is 29.0 Å². The number of hydrogen-bond donors (Lipinski definition) is 1. The Bertz CT molecular complexity index is 1280. The smallest absolute Gasteiger partial charge is 0.269 e. The number of para-hydroxylation sites is 1. The SMILES string of the molecule is CCOc1ccc(NC(=O)CSc2nnc(-c3ccc([N+](=O)[O-])cc3)n2-c2ccccc2)cc1. The van der Waals surface area contributed by atoms with Gasteiger partial charge in [-0.3, -0.25) is 19.5 Å². The van der Waals surface area contributed by atoms with Crippen molar-refractivity contribution < 1.29 is 14.5 Å². The molecule has 1 aromatic heterocycles. The van der Waals surface area contributed by atoms with E-state index in [0.717, 1.165) is 11.4 Å². The lowest BCUT2D eigenvalue weighted by atomic mass is 10.2. The molecular weight excluding hydrogens is 454 g/mol. The molecule has 10 heteroatoms. The van der Waals surface area contributed by atoms with E-state index in [4.69, 9.17) is 4.74 Å². The third kappa shape index (κ3) is 5.41. The summed E-state index contributed by atoms with van der Waals surface area (Å²) in [5.41, 5.74) is 2.16. The first-order valence-corrected chi connectivity index (χ1v) is 11.4. The molecule has 0 saturated heterocycles. The first-order chi connectivity index (χ1) is 16.5. The highest BCUT2D eigenvalue weighted by Gasteiger charge is 2.18. The zero-order chi connectivity index (χ0) is 23.9. The van der Waals surface area contributed by atoms with Gasteiger partial charge in [-0.05, 0) is 55.5 Å². The minimum atomic E-state index is -0.448. The van der Waals surface area contributed by atoms with Crippen LogP contribution in [0.5, 0.6) is 5.75 Å². The number of nitro benzene ring substituents is 1. The number of nitrogens with one attached hydrogen (secondary N) is 1. The van der Waals surface area contributed by atoms with E-state index in [0.29, 0.717) is 28.8 Å². The Morgan fingerprint density at radius 3 is 2.38 bits per heavy atom. The van der Waals surface area contributed by atoms with Crippen LogP contribution in [0, 0.1) is 10.1 Å². The van der Waals surface area contributed by atoms with E-state index in [9.17, 15) is 14.9 Å². The fraction of sp³-hybridized carbons (Fsp3) is 0.125. The number of carbonyl (C=O) groups is 1. The van der Waals surface area contributed by atoms with Gasteiger partial charge in [0.05, 0.1) is 17.3 Å². The van der Waals surface area contributed by atoms with Gasteiger partial charge in [0.2, 0.25) is 5.91 Å². The molecule has 0 bridgehead atoms. The molecule has 0 aliphatic heterocycles. The summed E-state index contributed by atoms with van der Waals surface area (Å²) in [6, 6.07) is 22.8. The average molecular weight is 476 g/mol. The summed E-state index contributed by atoms with van der Waals surface area (Å²) >= 11 is 1.25. The monoisotopic (exact) mass is 475 g/mol. The molecule has 4 rings (SSSR count). The predicted molar refractivity (Wildman–Crippen MR) is 130 cm³/mol. The number of nitrogens with zero attached hydrogens (tertiary/aromatic N) is 4. The number of anilines is 1. The molecule has 0 fully saturated rings. The van der Waals surface area contributed by atoms with E-state index in [1.807, 2.05) is 41.8 Å². The van der Waals surface area contributed by atoms with Crippen LogP contribution in [0.25, 0.3) is 17.1 Å². The second-order valence-electron chi connectivity index (χ2n) is 7.08. The maximum Gasteiger partial charge on any atom is 0.269 e. The van der Waals surface area contributed by atoms with Gasteiger partial charge in [0, 0.05) is 29.1 Å². The molecule has 0 atom stereocenters. The Labute approximate surface area is 199 Å². The van der Waals surface area contributed by atoms with Gasteiger partial charge < -0.3 is 10.1 Å². The predicted octanol–water partition coefficient (Wildman–Crippen LogP) is 4.97. The molecule has 3 aromatic carbocycles. The fourth-order valence-corrected chi connectivity index (χ4v) is 3.97. The van der Waals surface area contributed by atoms with Crippen LogP contribution in [0.4, 0.5) is 11.4 Å². The van der Waals surface area contributed by atoms with Crippen LogP contribution in [0.3, 0.4) is 0 Å². The Morgan fingerprint density at radius 1 is 1.03 bits per heavy atom. The Hall–Kier alpha value is -4.18. The summed E-state index contributed by atoms with van der Waals surface area (Å²) in [7, 11) is 0. The topological polar surface area (TPSA) is 112 Å². The second kappa shape index (κ2) is 10.6. The van der Waals surface area contributed by atoms with Crippen LogP contribution in [0.1, 0.15) is 6.92 Å². The molecule has 0 radical (unpaired) electrons. The van der Waals surface area contributed by atoms with Gasteiger partial charge >= 0.3 is 0 Å². The number of amides is 1. The average Bonchev–Trinajstić information content (AvgIpc) is 3.29. The van der Waals surface area contributed by atoms with E-state index in [-0.39, 0.29) is 17.3 Å². The summed E-state index contributed by atoms with van der Waals surface area (Å²) in [6.45, 7) is 2.49. The molecule has 4 aromatic rings. The molecule has 1 heterocycles. The van der Waals surface area contributed by atoms with E-state index in [1.165, 1.54) is 23.9 Å². The number of benzene rings is 3. The highest BCUT2D eigenvalue weighted by atomic mass is 32.2. The largest absolute Gasteiger partial charge is 0.494 e. The number of carbonyl (C=O) groups excluding carboxylic acids is 1. The molecule has 1 amide bonds. The van der Waals surface area contributed by atoms with Crippen molar-refractivity contribution in [1.29, 1.82) is 0 Å². The maximum absolute atomic E-state index is 12.5. The quantitative estimate of drug-likeness (QED) is 0.207. The van der Waals surface area contributed by atoms with Crippen molar-refractivity contribution in [3.05, 3.63) is 89.0 Å². The van der Waals surface area contributed by atoms with Crippen LogP contribution in [-0.4, -0.2) is 38.0 Å². The molecule has 172 valence electrons. The normalized spacial score (nSPS) is 10.6. The second-order valence-corrected chi connectivity index (χ2v) is 8.02. The van der Waals surface area contributed by atoms with Crippen molar-refractivity contribution in [2.75, 3.05) is 17.7 Å². The van der Waals surface area contributed by atoms with Gasteiger partial charge in [-0.25, -0.2) is 0 Å². The van der Waals surface area contributed by atoms with Crippen LogP contribution >= 0.6 is 11.8 Å². The van der Waals surface area contributed by atoms with Crippen molar-refractivity contribution in [3.8, 4) is 22.8 Å². The molecule has 9 nitrogen and oxygen atoms in total. The minimum absolute atomic E-state index is 0.00455. The molecular formula is C24H21N5O4S. The minimum Gasteiger partial charge on any atom is -0.494 e. The summed E-state index contributed by atoms with van der Waals surface area (Å²) < 4.78 is 7.24. The molecule has 0 saturated carbocycles. The number of nitro groups is 1. The Kier molecular flexibility index (Phi) is 7.19. The lowest BCUT2D eigenvalue weighted by molar-refractivity contribution is -0.384. The van der Waals surface area contributed by atoms with Crippen LogP contribution in [0.2, 0.25) is 0 Å². The van der Waals surface area contributed by atoms with Crippen molar-refractivity contribution in [2.45, 2.75) is 12.1 Å². The first-order valence-electron chi connectivity index (χ1n) is 10.5. The van der Waals surface area contributed by atoms with E-state index < -0.39 is 4.92 Å². The lowest BCUT2D eigenvalue weighted by Gasteiger charge is -2.10. The number of hydrogen-bond acceptors (Lipinski definition) is 7. The van der Waals surface area contributed by atoms with E-state index in [2.05, 4.69) is 15.5 Å². The number of rotatable bonds is 9. The van der Waals surface area contributed by atoms with Crippen molar-refractivity contribution in [2.24, 2.45) is 0 Å². The molecule has 1 N–H and O–H groups in total. The lowest BCUT2D eigenvalue weighted by Crippen LogP contribution is -2.14. The van der Waals surface area contributed by atoms with Gasteiger partial charge in [-0.15, -0.1) is 10.2 Å². The highest BCUT2D eigenvalue weighted by Crippen LogP contribution is 2.29. The molecule has 0 unspecified atom stereocenters. The molecule has 0 spiro atoms. The van der Waals surface area contributed by atoms with Gasteiger partial charge in [-0.1, -0.05) is 30.0 Å². The van der Waals surface area contributed by atoms with Crippen LogP contribution in [-0.2, 0) is 4.79 Å². The van der Waals surface area contributed by atoms with E-state index >= 15 is 0 Å². The number of ether oxygens (including phenoxy) is 1. The summed E-state index contributed by atoms with van der Waals surface area (Å²) in [5, 5.41) is 23.0. The van der Waals surface area contributed by atoms with Crippen molar-refractivity contribution in [1.82, 2.24) is 14.8 Å². The summed E-state index contributed by atoms with van der Waals surface area (Å²) in [4.78, 5) is 23.1. The summed E-state index contributed by atoms with van der Waals surface area (Å²) in [6.07, 6.45) is 0. The Morgan fingerprint density at radius 2 is 1.74 bits per heavy atom. The van der Waals surface area contributed by atoms with Crippen LogP contribution < -0.4 is 10.1 Å². The Balaban J connectivity index is 1.53. The van der Waals surface area contributed by atoms with Crippen molar-refractivity contribution in [3.63, 3.8) is 0 Å². The van der Waals surface area contributed by atoms with Gasteiger partial charge in [0.15, 0.2) is 11.0 Å². The number of non-ortho nitro benzene ring substituents is 1. The molecule has 34 heavy (non-hydrogen) atoms. The molecule has 0 aliphatic rings. The standard InChI is InChI=1S/C24H21N5O4S/c1-2-33-21-14-10-18(11-15-21)25-22(30)16-34-24-27-26-23(28(24)19-6-4-3-5-7-19)17-8-12-20(13-9-17)29(31)32/h3-15H,2,16H2,1H3,(H,25,30).